The number of hydrogen-bond acceptors (Lipinski definition) is 7. The van der Waals surface area contributed by atoms with Crippen LogP contribution in [-0.4, -0.2) is 67.2 Å². The maximum atomic E-state index is 4.42. The van der Waals surface area contributed by atoms with Gasteiger partial charge in [0.2, 0.25) is 17.8 Å². The summed E-state index contributed by atoms with van der Waals surface area (Å²) >= 11 is 0. The first kappa shape index (κ1) is 16.4. The number of likely N-dealkylation sites (N-methyl/N-ethyl adjacent to an activating group) is 1. The highest BCUT2D eigenvalue weighted by Crippen LogP contribution is 2.12. The smallest absolute Gasteiger partial charge is 0.231 e. The summed E-state index contributed by atoms with van der Waals surface area (Å²) in [5.41, 5.74) is 0. The van der Waals surface area contributed by atoms with E-state index in [1.165, 1.54) is 0 Å². The second-order valence-corrected chi connectivity index (χ2v) is 5.41. The maximum Gasteiger partial charge on any atom is 0.231 e. The molecule has 2 N–H and O–H groups in total. The van der Waals surface area contributed by atoms with Gasteiger partial charge in [0, 0.05) is 33.2 Å². The molecule has 0 bridgehead atoms. The highest BCUT2D eigenvalue weighted by atomic mass is 15.3. The van der Waals surface area contributed by atoms with Gasteiger partial charge in [-0.1, -0.05) is 6.92 Å². The van der Waals surface area contributed by atoms with E-state index >= 15 is 0 Å². The molecule has 1 unspecified atom stereocenters. The minimum atomic E-state index is 0.265. The predicted molar refractivity (Wildman–Crippen MR) is 84.6 cm³/mol. The number of aromatic nitrogens is 3. The molecular weight excluding hydrogens is 254 g/mol. The average Bonchev–Trinajstić information content (AvgIpc) is 2.34. The Labute approximate surface area is 121 Å². The van der Waals surface area contributed by atoms with Crippen molar-refractivity contribution < 1.29 is 0 Å². The van der Waals surface area contributed by atoms with Crippen LogP contribution in [-0.2, 0) is 0 Å². The Bertz CT molecular complexity index is 406. The average molecular weight is 281 g/mol. The summed E-state index contributed by atoms with van der Waals surface area (Å²) in [5.74, 6) is 1.87. The third-order valence-corrected chi connectivity index (χ3v) is 2.57. The molecule has 0 amide bonds. The van der Waals surface area contributed by atoms with Gasteiger partial charge in [0.25, 0.3) is 0 Å². The van der Waals surface area contributed by atoms with Crippen molar-refractivity contribution in [3.05, 3.63) is 0 Å². The number of hydrogen-bond donors (Lipinski definition) is 2. The number of nitrogens with zero attached hydrogens (tertiary/aromatic N) is 5. The van der Waals surface area contributed by atoms with Gasteiger partial charge in [0.1, 0.15) is 0 Å². The van der Waals surface area contributed by atoms with Crippen LogP contribution >= 0.6 is 0 Å². The minimum Gasteiger partial charge on any atom is -0.354 e. The summed E-state index contributed by atoms with van der Waals surface area (Å²) in [6.45, 7) is 5.99. The van der Waals surface area contributed by atoms with Crippen molar-refractivity contribution in [1.82, 2.24) is 19.9 Å². The second kappa shape index (κ2) is 7.84. The summed E-state index contributed by atoms with van der Waals surface area (Å²) in [4.78, 5) is 17.2. The third kappa shape index (κ3) is 5.56. The van der Waals surface area contributed by atoms with Gasteiger partial charge in [0.15, 0.2) is 0 Å². The van der Waals surface area contributed by atoms with E-state index in [2.05, 4.69) is 44.3 Å². The first-order valence-electron chi connectivity index (χ1n) is 7.01. The molecular formula is C13H27N7. The van der Waals surface area contributed by atoms with Gasteiger partial charge in [-0.2, -0.15) is 15.0 Å². The van der Waals surface area contributed by atoms with Gasteiger partial charge >= 0.3 is 0 Å². The Morgan fingerprint density at radius 2 is 1.70 bits per heavy atom. The van der Waals surface area contributed by atoms with E-state index < -0.39 is 0 Å². The second-order valence-electron chi connectivity index (χ2n) is 5.41. The minimum absolute atomic E-state index is 0.265. The largest absolute Gasteiger partial charge is 0.354 e. The lowest BCUT2D eigenvalue weighted by molar-refractivity contribution is 0.391. The van der Waals surface area contributed by atoms with Crippen molar-refractivity contribution >= 4 is 17.8 Å². The molecule has 1 rings (SSSR count). The van der Waals surface area contributed by atoms with Crippen LogP contribution in [0.3, 0.4) is 0 Å². The highest BCUT2D eigenvalue weighted by molar-refractivity contribution is 5.43. The number of rotatable bonds is 8. The van der Waals surface area contributed by atoms with Crippen molar-refractivity contribution in [3.8, 4) is 0 Å². The number of nitrogens with one attached hydrogen (secondary N) is 2. The van der Waals surface area contributed by atoms with Gasteiger partial charge in [-0.25, -0.2) is 0 Å². The van der Waals surface area contributed by atoms with Crippen LogP contribution in [0.25, 0.3) is 0 Å². The Balaban J connectivity index is 2.85. The van der Waals surface area contributed by atoms with Crippen molar-refractivity contribution in [2.45, 2.75) is 26.3 Å². The highest BCUT2D eigenvalue weighted by Gasteiger charge is 2.10. The van der Waals surface area contributed by atoms with Crippen molar-refractivity contribution in [3.63, 3.8) is 0 Å². The fraction of sp³-hybridized carbons (Fsp3) is 0.769. The molecule has 7 nitrogen and oxygen atoms in total. The fourth-order valence-electron chi connectivity index (χ4n) is 1.76. The fourth-order valence-corrected chi connectivity index (χ4v) is 1.76. The van der Waals surface area contributed by atoms with E-state index in [9.17, 15) is 0 Å². The predicted octanol–water partition coefficient (Wildman–Crippen LogP) is 1.12. The lowest BCUT2D eigenvalue weighted by Crippen LogP contribution is -2.30. The van der Waals surface area contributed by atoms with Gasteiger partial charge in [-0.15, -0.1) is 0 Å². The molecule has 20 heavy (non-hydrogen) atoms. The molecule has 7 heteroatoms. The van der Waals surface area contributed by atoms with Crippen molar-refractivity contribution in [2.75, 3.05) is 56.8 Å². The molecule has 0 saturated carbocycles. The SMILES string of the molecule is CCCNc1nc(NC(C)CN(C)C)nc(N(C)C)n1. The van der Waals surface area contributed by atoms with Crippen LogP contribution in [0.2, 0.25) is 0 Å². The van der Waals surface area contributed by atoms with Crippen LogP contribution in [0.4, 0.5) is 17.8 Å². The monoisotopic (exact) mass is 281 g/mol. The molecule has 0 radical (unpaired) electrons. The standard InChI is InChI=1S/C13H27N7/c1-7-8-14-11-16-12(15-10(2)9-19(3)4)18-13(17-11)20(5)6/h10H,7-9H2,1-6H3,(H2,14,15,16,17,18). The summed E-state index contributed by atoms with van der Waals surface area (Å²) in [6.07, 6.45) is 1.03. The molecule has 1 heterocycles. The van der Waals surface area contributed by atoms with E-state index in [-0.39, 0.29) is 6.04 Å². The summed E-state index contributed by atoms with van der Waals surface area (Å²) in [5, 5.41) is 6.52. The molecule has 0 aromatic carbocycles. The van der Waals surface area contributed by atoms with Crippen LogP contribution in [0.5, 0.6) is 0 Å². The van der Waals surface area contributed by atoms with Crippen LogP contribution < -0.4 is 15.5 Å². The topological polar surface area (TPSA) is 69.2 Å². The normalized spacial score (nSPS) is 12.3. The zero-order valence-electron chi connectivity index (χ0n) is 13.4. The molecule has 0 aliphatic carbocycles. The lowest BCUT2D eigenvalue weighted by Gasteiger charge is -2.19. The molecule has 114 valence electrons. The van der Waals surface area contributed by atoms with Crippen molar-refractivity contribution in [1.29, 1.82) is 0 Å². The summed E-state index contributed by atoms with van der Waals surface area (Å²) in [6, 6.07) is 0.265. The Hall–Kier alpha value is -1.63. The first-order valence-corrected chi connectivity index (χ1v) is 7.01. The van der Waals surface area contributed by atoms with E-state index in [0.29, 0.717) is 17.8 Å². The van der Waals surface area contributed by atoms with Gasteiger partial charge < -0.3 is 20.4 Å². The zero-order chi connectivity index (χ0) is 15.1. The Kier molecular flexibility index (Phi) is 6.44. The van der Waals surface area contributed by atoms with Crippen LogP contribution in [0.15, 0.2) is 0 Å². The number of anilines is 3. The first-order chi connectivity index (χ1) is 9.42. The molecule has 0 spiro atoms. The van der Waals surface area contributed by atoms with Gasteiger partial charge in [-0.3, -0.25) is 0 Å². The van der Waals surface area contributed by atoms with E-state index in [1.807, 2.05) is 33.1 Å². The molecule has 0 fully saturated rings. The molecule has 1 aromatic rings. The third-order valence-electron chi connectivity index (χ3n) is 2.57. The molecule has 1 atom stereocenters. The van der Waals surface area contributed by atoms with Gasteiger partial charge in [0.05, 0.1) is 0 Å². The van der Waals surface area contributed by atoms with Crippen LogP contribution in [0.1, 0.15) is 20.3 Å². The molecule has 0 aliphatic heterocycles. The molecule has 0 aliphatic rings. The van der Waals surface area contributed by atoms with E-state index in [4.69, 9.17) is 0 Å². The summed E-state index contributed by atoms with van der Waals surface area (Å²) in [7, 11) is 7.94. The Morgan fingerprint density at radius 1 is 1.05 bits per heavy atom. The molecule has 0 saturated heterocycles. The van der Waals surface area contributed by atoms with E-state index in [1.54, 1.807) is 0 Å². The van der Waals surface area contributed by atoms with Crippen LogP contribution in [0, 0.1) is 0 Å². The molecule has 1 aromatic heterocycles. The maximum absolute atomic E-state index is 4.42. The lowest BCUT2D eigenvalue weighted by atomic mass is 10.3. The quantitative estimate of drug-likeness (QED) is 0.740. The zero-order valence-corrected chi connectivity index (χ0v) is 13.4. The van der Waals surface area contributed by atoms with Crippen molar-refractivity contribution in [2.24, 2.45) is 0 Å². The Morgan fingerprint density at radius 3 is 2.25 bits per heavy atom. The van der Waals surface area contributed by atoms with Gasteiger partial charge in [-0.05, 0) is 27.4 Å². The van der Waals surface area contributed by atoms with E-state index in [0.717, 1.165) is 19.5 Å². The summed E-state index contributed by atoms with van der Waals surface area (Å²) < 4.78 is 0.